The molecule has 7 fully saturated rings. The van der Waals surface area contributed by atoms with Crippen molar-refractivity contribution in [2.75, 3.05) is 76.2 Å². The van der Waals surface area contributed by atoms with Gasteiger partial charge in [0.25, 0.3) is 0 Å². The van der Waals surface area contributed by atoms with Crippen molar-refractivity contribution < 1.29 is 220 Å². The maximum atomic E-state index is 13.8. The van der Waals surface area contributed by atoms with Crippen LogP contribution in [0.2, 0.25) is 0 Å². The molecule has 56 heteroatoms. The monoisotopic (exact) mass is 1540 g/mol. The molecule has 25 atom stereocenters. The largest absolute Gasteiger partial charge is 0.479 e. The standard InChI is InChI=1S/C39H64O49S7/c1-65-16-13(10-73-89(44,45)46)77-34(26(69-5)19(16)66-2)81-21-20(67-3)27(70-6)35(82-25(21)32(40)41)79-17-15(12-75-91(50,51)52)78-36(30(88-95(62,63)64)23(17)86-93(56,57)58)83-31-24(68-4)28-37(84-39(31,38(42)43)8-9-72-28)80-18-14(11-74-90(47,48)49)76-33(71-7)29(87-94(59,60)61)22(18)85-92(53,54)55/h13-31,33-37H,8-12H2,1-7H3,(H,40,41)(H,42,43)(H,44,45,46)(H,47,48,49)(H,50,51,52)(H,53,54,55)(H,56,57,58)(H,59,60,61)(H,62,63,64)/t13-,14+,15-,16-,17-,18+,19-,20-,21+,22+,23-,24-,25+,26+,27+,28-,29?,30+,31+,33-,34-,35-,36-,37+,39+/m0/s1. The Hall–Kier alpha value is -2.65. The van der Waals surface area contributed by atoms with Gasteiger partial charge in [-0.25, -0.2) is 38.9 Å². The van der Waals surface area contributed by atoms with E-state index in [1.807, 2.05) is 0 Å². The Morgan fingerprint density at radius 2 is 0.726 bits per heavy atom. The van der Waals surface area contributed by atoms with Gasteiger partial charge >= 0.3 is 84.7 Å². The minimum Gasteiger partial charge on any atom is -0.479 e. The fourth-order valence-electron chi connectivity index (χ4n) is 10.9. The van der Waals surface area contributed by atoms with Crippen molar-refractivity contribution in [3.05, 3.63) is 0 Å². The van der Waals surface area contributed by atoms with Gasteiger partial charge in [-0.15, -0.1) is 0 Å². The van der Waals surface area contributed by atoms with Gasteiger partial charge in [0.2, 0.25) is 0 Å². The van der Waals surface area contributed by atoms with Crippen LogP contribution in [0.4, 0.5) is 0 Å². The van der Waals surface area contributed by atoms with Crippen molar-refractivity contribution in [2.45, 2.75) is 159 Å². The van der Waals surface area contributed by atoms with E-state index in [0.717, 1.165) is 42.7 Å². The van der Waals surface area contributed by atoms with Crippen molar-refractivity contribution in [2.24, 2.45) is 0 Å². The third kappa shape index (κ3) is 21.2. The lowest BCUT2D eigenvalue weighted by Crippen LogP contribution is -2.72. The Morgan fingerprint density at radius 3 is 1.11 bits per heavy atom. The van der Waals surface area contributed by atoms with Gasteiger partial charge in [0.1, 0.15) is 97.7 Å². The molecule has 95 heavy (non-hydrogen) atoms. The summed E-state index contributed by atoms with van der Waals surface area (Å²) in [5.74, 6) is -4.24. The van der Waals surface area contributed by atoms with Gasteiger partial charge in [0, 0.05) is 56.2 Å². The number of hydrogen-bond acceptors (Lipinski definition) is 40. The number of ether oxygens (including phenoxy) is 17. The molecule has 7 rings (SSSR count). The van der Waals surface area contributed by atoms with Crippen LogP contribution < -0.4 is 0 Å². The lowest BCUT2D eigenvalue weighted by molar-refractivity contribution is -0.393. The number of aliphatic carboxylic acids is 2. The van der Waals surface area contributed by atoms with Crippen molar-refractivity contribution in [1.29, 1.82) is 0 Å². The highest BCUT2D eigenvalue weighted by atomic mass is 32.3. The van der Waals surface area contributed by atoms with Crippen LogP contribution in [0.3, 0.4) is 0 Å². The van der Waals surface area contributed by atoms with Gasteiger partial charge in [-0.1, -0.05) is 0 Å². The maximum absolute atomic E-state index is 13.8. The molecule has 0 saturated carbocycles. The van der Waals surface area contributed by atoms with Crippen LogP contribution in [-0.2, 0) is 192 Å². The molecule has 7 aliphatic rings. The Balaban J connectivity index is 1.45. The zero-order chi connectivity index (χ0) is 71.5. The SMILES string of the molecule is CO[C@H]1O[C@H](COS(=O)(=O)O)[C@@H](O[C@@H]2O[C@]3(C(=O)O)CCO[C@H]2[C@H](OC)[C@H]3O[C@@H]2O[C@@H](COS(=O)(=O)O)[C@H](O[C@H]3O[C@@H](C(=O)O)[C@H](O[C@@H]4O[C@@H](COS(=O)(=O)O)[C@H](OC)[C@H](OC)[C@H]4OC)[C@H](OC)[C@H]3OC)[C@H](OS(=O)(=O)O)[C@H]2OS(=O)(=O)O)[C@@H](OS(=O)(=O)O)C1OS(=O)(=O)O. The van der Waals surface area contributed by atoms with Gasteiger partial charge in [-0.3, -0.25) is 31.9 Å². The average molecular weight is 1540 g/mol. The summed E-state index contributed by atoms with van der Waals surface area (Å²) in [6, 6.07) is 0. The highest BCUT2D eigenvalue weighted by Gasteiger charge is 2.67. The summed E-state index contributed by atoms with van der Waals surface area (Å²) in [7, 11) is -34.1. The number of carboxylic acids is 2. The van der Waals surface area contributed by atoms with Gasteiger partial charge in [-0.05, 0) is 0 Å². The highest BCUT2D eigenvalue weighted by Crippen LogP contribution is 2.46. The van der Waals surface area contributed by atoms with Crippen LogP contribution in [0, 0.1) is 0 Å². The Morgan fingerprint density at radius 1 is 0.379 bits per heavy atom. The number of fused-ring (bicyclic) bond motifs is 4. The van der Waals surface area contributed by atoms with Crippen LogP contribution in [0.1, 0.15) is 6.42 Å². The maximum Gasteiger partial charge on any atom is 0.397 e. The van der Waals surface area contributed by atoms with E-state index in [2.05, 4.69) is 20.9 Å². The molecule has 49 nitrogen and oxygen atoms in total. The molecule has 7 aliphatic heterocycles. The number of carboxylic acid groups (broad SMARTS) is 2. The van der Waals surface area contributed by atoms with E-state index in [-0.39, 0.29) is 0 Å². The molecule has 0 spiro atoms. The molecule has 7 heterocycles. The molecule has 0 aromatic carbocycles. The third-order valence-electron chi connectivity index (χ3n) is 14.4. The second kappa shape index (κ2) is 32.1. The molecule has 0 aliphatic carbocycles. The highest BCUT2D eigenvalue weighted by molar-refractivity contribution is 7.82. The second-order valence-electron chi connectivity index (χ2n) is 20.0. The van der Waals surface area contributed by atoms with E-state index in [1.54, 1.807) is 0 Å². The molecular weight excluding hydrogens is 1480 g/mol. The normalized spacial score (nSPS) is 38.7. The van der Waals surface area contributed by atoms with Crippen LogP contribution >= 0.6 is 0 Å². The summed E-state index contributed by atoms with van der Waals surface area (Å²) in [6.45, 7) is -5.18. The first-order chi connectivity index (χ1) is 43.7. The van der Waals surface area contributed by atoms with Crippen molar-refractivity contribution in [1.82, 2.24) is 0 Å². The van der Waals surface area contributed by atoms with Gasteiger partial charge in [-0.2, -0.15) is 58.9 Å². The average Bonchev–Trinajstić information content (AvgIpc) is 1.73. The number of rotatable bonds is 34. The molecule has 7 saturated heterocycles. The molecule has 0 aromatic heterocycles. The lowest BCUT2D eigenvalue weighted by atomic mass is 9.84. The quantitative estimate of drug-likeness (QED) is 0.0270. The predicted octanol–water partition coefficient (Wildman–Crippen LogP) is -7.57. The van der Waals surface area contributed by atoms with Crippen LogP contribution in [0.15, 0.2) is 0 Å². The van der Waals surface area contributed by atoms with Crippen molar-refractivity contribution in [3.8, 4) is 0 Å². The summed E-state index contributed by atoms with van der Waals surface area (Å²) in [5, 5.41) is 21.8. The van der Waals surface area contributed by atoms with Gasteiger partial charge in [0.15, 0.2) is 55.4 Å². The Bertz CT molecular complexity index is 3430. The minimum absolute atomic E-state index is 0.717. The summed E-state index contributed by atoms with van der Waals surface area (Å²) in [6.07, 6.45) is -56.8. The topological polar surface area (TPSA) is 677 Å². The summed E-state index contributed by atoms with van der Waals surface area (Å²) in [4.78, 5) is 27.1. The molecule has 9 N–H and O–H groups in total. The molecule has 2 bridgehead atoms. The molecule has 0 amide bonds. The minimum atomic E-state index is -6.20. The molecule has 0 aromatic rings. The predicted molar refractivity (Wildman–Crippen MR) is 281 cm³/mol. The Labute approximate surface area is 538 Å². The van der Waals surface area contributed by atoms with E-state index in [9.17, 15) is 111 Å². The van der Waals surface area contributed by atoms with Gasteiger partial charge < -0.3 is 90.7 Å². The number of hydrogen-bond donors (Lipinski definition) is 9. The number of methoxy groups -OCH3 is 7. The fourth-order valence-corrected chi connectivity index (χ4v) is 13.8. The van der Waals surface area contributed by atoms with E-state index >= 15 is 0 Å². The van der Waals surface area contributed by atoms with E-state index < -0.39 is 271 Å². The molecule has 556 valence electrons. The van der Waals surface area contributed by atoms with Crippen LogP contribution in [0.5, 0.6) is 0 Å². The fraction of sp³-hybridized carbons (Fsp3) is 0.949. The summed E-state index contributed by atoms with van der Waals surface area (Å²) < 4.78 is 369. The first kappa shape index (κ1) is 81.3. The Kier molecular flexibility index (Phi) is 27.5. The van der Waals surface area contributed by atoms with E-state index in [0.29, 0.717) is 7.11 Å². The summed E-state index contributed by atoms with van der Waals surface area (Å²) >= 11 is 0. The van der Waals surface area contributed by atoms with Crippen molar-refractivity contribution in [3.63, 3.8) is 0 Å². The zero-order valence-electron chi connectivity index (χ0n) is 49.1. The van der Waals surface area contributed by atoms with Crippen molar-refractivity contribution >= 4 is 84.7 Å². The first-order valence-electron chi connectivity index (χ1n) is 25.9. The van der Waals surface area contributed by atoms with Gasteiger partial charge in [0.05, 0.1) is 26.4 Å². The first-order valence-corrected chi connectivity index (χ1v) is 35.5. The molecule has 1 unspecified atom stereocenters. The zero-order valence-corrected chi connectivity index (χ0v) is 54.8. The molecular formula is C39H64O49S7. The van der Waals surface area contributed by atoms with E-state index in [4.69, 9.17) is 88.9 Å². The number of carbonyl (C=O) groups is 2. The molecule has 0 radical (unpaired) electrons. The van der Waals surface area contributed by atoms with Crippen LogP contribution in [0.25, 0.3) is 0 Å². The summed E-state index contributed by atoms with van der Waals surface area (Å²) in [5.41, 5.74) is -3.27. The van der Waals surface area contributed by atoms with E-state index in [1.165, 1.54) is 0 Å². The van der Waals surface area contributed by atoms with Crippen LogP contribution in [-0.4, -0.2) is 342 Å². The second-order valence-corrected chi connectivity index (χ2v) is 27.5. The smallest absolute Gasteiger partial charge is 0.397 e. The third-order valence-corrected chi connectivity index (χ3v) is 17.6. The lowest BCUT2D eigenvalue weighted by Gasteiger charge is -2.52.